The van der Waals surface area contributed by atoms with E-state index in [4.69, 9.17) is 14.6 Å². The molecule has 0 aliphatic carbocycles. The summed E-state index contributed by atoms with van der Waals surface area (Å²) in [5.41, 5.74) is -1.25. The fourth-order valence-corrected chi connectivity index (χ4v) is 4.22. The highest BCUT2D eigenvalue weighted by atomic mass is 16.6. The highest BCUT2D eigenvalue weighted by Crippen LogP contribution is 2.10. The molecule has 1 atom stereocenters. The number of ether oxygens (including phenoxy) is 2. The number of carboxylic acids is 1. The summed E-state index contributed by atoms with van der Waals surface area (Å²) < 4.78 is 10.1. The molecule has 256 valence electrons. The molecule has 9 heteroatoms. The smallest absolute Gasteiger partial charge is 0.408 e. The van der Waals surface area contributed by atoms with E-state index in [9.17, 15) is 14.4 Å². The van der Waals surface area contributed by atoms with E-state index in [0.29, 0.717) is 19.4 Å². The van der Waals surface area contributed by atoms with Crippen LogP contribution >= 0.6 is 0 Å². The second-order valence-corrected chi connectivity index (χ2v) is 13.5. The lowest BCUT2D eigenvalue weighted by Gasteiger charge is -2.22. The molecule has 0 unspecified atom stereocenters. The van der Waals surface area contributed by atoms with Crippen molar-refractivity contribution < 1.29 is 29.0 Å². The molecule has 0 aromatic rings. The minimum Gasteiger partial charge on any atom is -0.480 e. The molecule has 0 fully saturated rings. The number of carbonyl (C=O) groups excluding carboxylic acids is 2. The number of hydrogen-bond donors (Lipinski definition) is 4. The van der Waals surface area contributed by atoms with Gasteiger partial charge in [-0.2, -0.15) is 0 Å². The Morgan fingerprint density at radius 3 is 1.40 bits per heavy atom. The van der Waals surface area contributed by atoms with Crippen LogP contribution in [0.25, 0.3) is 0 Å². The molecule has 0 saturated carbocycles. The zero-order valence-electron chi connectivity index (χ0n) is 29.2. The predicted octanol–water partition coefficient (Wildman–Crippen LogP) is 8.74. The fourth-order valence-electron chi connectivity index (χ4n) is 4.22. The first-order chi connectivity index (χ1) is 20.2. The zero-order chi connectivity index (χ0) is 33.0. The normalized spacial score (nSPS) is 12.1. The summed E-state index contributed by atoms with van der Waals surface area (Å²) in [7, 11) is 0. The van der Waals surface area contributed by atoms with Crippen LogP contribution in [0.2, 0.25) is 0 Å². The van der Waals surface area contributed by atoms with Crippen LogP contribution in [0.3, 0.4) is 0 Å². The Bertz CT molecular complexity index is 673. The van der Waals surface area contributed by atoms with Crippen LogP contribution in [-0.2, 0) is 14.3 Å². The number of alkyl carbamates (subject to hydrolysis) is 2. The highest BCUT2D eigenvalue weighted by Gasteiger charge is 2.23. The molecule has 0 aromatic carbocycles. The number of carbonyl (C=O) groups is 3. The van der Waals surface area contributed by atoms with Crippen LogP contribution in [0.5, 0.6) is 0 Å². The second kappa shape index (κ2) is 27.5. The Balaban J connectivity index is 0. The summed E-state index contributed by atoms with van der Waals surface area (Å²) in [6, 6.07) is -1.03. The molecule has 4 N–H and O–H groups in total. The summed E-state index contributed by atoms with van der Waals surface area (Å²) in [5, 5.41) is 17.6. The summed E-state index contributed by atoms with van der Waals surface area (Å²) in [6.45, 7) is 17.8. The molecule has 43 heavy (non-hydrogen) atoms. The third-order valence-electron chi connectivity index (χ3n) is 6.49. The minimum atomic E-state index is -1.12. The molecular weight excluding hydrogens is 546 g/mol. The van der Waals surface area contributed by atoms with Crippen LogP contribution in [0.4, 0.5) is 9.59 Å². The monoisotopic (exact) mass is 616 g/mol. The van der Waals surface area contributed by atoms with Gasteiger partial charge in [-0.25, -0.2) is 14.4 Å². The summed E-state index contributed by atoms with van der Waals surface area (Å²) in [6.07, 6.45) is 19.9. The van der Waals surface area contributed by atoms with Crippen molar-refractivity contribution >= 4 is 18.2 Å². The van der Waals surface area contributed by atoms with Crippen molar-refractivity contribution in [2.24, 2.45) is 0 Å². The maximum Gasteiger partial charge on any atom is 0.408 e. The van der Waals surface area contributed by atoms with Gasteiger partial charge in [0.25, 0.3) is 0 Å². The summed E-state index contributed by atoms with van der Waals surface area (Å²) in [4.78, 5) is 34.2. The number of aliphatic carboxylic acids is 1. The van der Waals surface area contributed by atoms with Crippen molar-refractivity contribution in [2.75, 3.05) is 19.6 Å². The molecule has 0 heterocycles. The van der Waals surface area contributed by atoms with E-state index in [-0.39, 0.29) is 6.42 Å². The van der Waals surface area contributed by atoms with Crippen molar-refractivity contribution in [3.63, 3.8) is 0 Å². The standard InChI is InChI=1S/C18H39N.C16H30N2O6/c1-3-5-7-9-11-12-14-16-18-19-17-15-13-10-8-6-4-2;1-15(2,3)23-13(21)17-10-8-7-9-11(12(19)20)18-14(22)24-16(4,5)6/h19H,3-18H2,1-2H3;11H,7-10H2,1-6H3,(H,17,21)(H,18,22)(H,19,20)/t;11-/m.0/s1. The van der Waals surface area contributed by atoms with E-state index in [1.165, 1.54) is 103 Å². The first-order valence-electron chi connectivity index (χ1n) is 17.1. The maximum absolute atomic E-state index is 11.6. The predicted molar refractivity (Wildman–Crippen MR) is 178 cm³/mol. The highest BCUT2D eigenvalue weighted by molar-refractivity contribution is 5.79. The number of unbranched alkanes of at least 4 members (excludes halogenated alkanes) is 13. The maximum atomic E-state index is 11.6. The Kier molecular flexibility index (Phi) is 27.6. The van der Waals surface area contributed by atoms with Gasteiger partial charge in [-0.15, -0.1) is 0 Å². The Morgan fingerprint density at radius 1 is 0.581 bits per heavy atom. The SMILES string of the molecule is CC(C)(C)OC(=O)NCCCC[C@H](NC(=O)OC(C)(C)C)C(=O)O.CCCCCCCCCCNCCCCCCCC. The van der Waals surface area contributed by atoms with Crippen LogP contribution in [0, 0.1) is 0 Å². The van der Waals surface area contributed by atoms with Gasteiger partial charge in [-0.3, -0.25) is 0 Å². The van der Waals surface area contributed by atoms with Crippen molar-refractivity contribution in [1.29, 1.82) is 0 Å². The van der Waals surface area contributed by atoms with E-state index >= 15 is 0 Å². The topological polar surface area (TPSA) is 126 Å². The number of nitrogens with one attached hydrogen (secondary N) is 3. The molecule has 0 saturated heterocycles. The van der Waals surface area contributed by atoms with Crippen LogP contribution in [0.1, 0.15) is 165 Å². The molecule has 0 radical (unpaired) electrons. The second-order valence-electron chi connectivity index (χ2n) is 13.5. The van der Waals surface area contributed by atoms with Gasteiger partial charge in [-0.05, 0) is 86.7 Å². The average molecular weight is 616 g/mol. The van der Waals surface area contributed by atoms with Gasteiger partial charge < -0.3 is 30.5 Å². The lowest BCUT2D eigenvalue weighted by Crippen LogP contribution is -2.43. The molecule has 2 amide bonds. The van der Waals surface area contributed by atoms with Crippen LogP contribution < -0.4 is 16.0 Å². The first kappa shape index (κ1) is 43.1. The fraction of sp³-hybridized carbons (Fsp3) is 0.912. The third kappa shape index (κ3) is 36.1. The Labute approximate surface area is 264 Å². The van der Waals surface area contributed by atoms with Gasteiger partial charge in [-0.1, -0.05) is 90.9 Å². The average Bonchev–Trinajstić information content (AvgIpc) is 2.88. The van der Waals surface area contributed by atoms with E-state index in [1.54, 1.807) is 41.5 Å². The first-order valence-corrected chi connectivity index (χ1v) is 17.1. The van der Waals surface area contributed by atoms with Crippen molar-refractivity contribution in [2.45, 2.75) is 182 Å². The van der Waals surface area contributed by atoms with Crippen molar-refractivity contribution in [3.05, 3.63) is 0 Å². The molecule has 0 aromatic heterocycles. The van der Waals surface area contributed by atoms with Crippen molar-refractivity contribution in [3.8, 4) is 0 Å². The summed E-state index contributed by atoms with van der Waals surface area (Å²) >= 11 is 0. The van der Waals surface area contributed by atoms with E-state index in [0.717, 1.165) is 0 Å². The quantitative estimate of drug-likeness (QED) is 0.0847. The lowest BCUT2D eigenvalue weighted by molar-refractivity contribution is -0.139. The molecular formula is C34H69N3O6. The Hall–Kier alpha value is -2.03. The van der Waals surface area contributed by atoms with Gasteiger partial charge in [0.1, 0.15) is 17.2 Å². The minimum absolute atomic E-state index is 0.241. The molecule has 0 spiro atoms. The van der Waals surface area contributed by atoms with Gasteiger partial charge in [0.15, 0.2) is 0 Å². The molecule has 0 aliphatic heterocycles. The van der Waals surface area contributed by atoms with Gasteiger partial charge in [0.05, 0.1) is 0 Å². The third-order valence-corrected chi connectivity index (χ3v) is 6.49. The Morgan fingerprint density at radius 2 is 0.977 bits per heavy atom. The lowest BCUT2D eigenvalue weighted by atomic mass is 10.1. The van der Waals surface area contributed by atoms with Gasteiger partial charge >= 0.3 is 18.2 Å². The summed E-state index contributed by atoms with van der Waals surface area (Å²) in [5.74, 6) is -1.12. The van der Waals surface area contributed by atoms with E-state index in [1.807, 2.05) is 0 Å². The number of hydrogen-bond acceptors (Lipinski definition) is 6. The molecule has 9 nitrogen and oxygen atoms in total. The number of amides is 2. The van der Waals surface area contributed by atoms with E-state index < -0.39 is 35.4 Å². The van der Waals surface area contributed by atoms with Gasteiger partial charge in [0, 0.05) is 6.54 Å². The zero-order valence-corrected chi connectivity index (χ0v) is 29.2. The molecule has 0 aliphatic rings. The molecule has 0 rings (SSSR count). The van der Waals surface area contributed by atoms with E-state index in [2.05, 4.69) is 29.8 Å². The van der Waals surface area contributed by atoms with Crippen molar-refractivity contribution in [1.82, 2.24) is 16.0 Å². The largest absolute Gasteiger partial charge is 0.480 e. The van der Waals surface area contributed by atoms with Crippen LogP contribution in [0.15, 0.2) is 0 Å². The number of rotatable bonds is 23. The van der Waals surface area contributed by atoms with Gasteiger partial charge in [0.2, 0.25) is 0 Å². The van der Waals surface area contributed by atoms with Crippen LogP contribution in [-0.4, -0.2) is 60.1 Å². The number of carboxylic acid groups (broad SMARTS) is 1. The molecule has 0 bridgehead atoms.